The summed E-state index contributed by atoms with van der Waals surface area (Å²) in [5, 5.41) is 11.6. The molecule has 146 valence electrons. The minimum Gasteiger partial charge on any atom is -0.493 e. The molecule has 0 aliphatic heterocycles. The molecular weight excluding hydrogens is 368 g/mol. The molecule has 0 fully saturated rings. The normalized spacial score (nSPS) is 10.7. The molecule has 8 heteroatoms. The van der Waals surface area contributed by atoms with Gasteiger partial charge in [-0.15, -0.1) is 11.3 Å². The van der Waals surface area contributed by atoms with Gasteiger partial charge in [-0.25, -0.2) is 4.98 Å². The fourth-order valence-electron chi connectivity index (χ4n) is 2.62. The van der Waals surface area contributed by atoms with E-state index in [1.165, 1.54) is 16.2 Å². The van der Waals surface area contributed by atoms with Crippen molar-refractivity contribution in [3.05, 3.63) is 29.3 Å². The van der Waals surface area contributed by atoms with Gasteiger partial charge in [0.2, 0.25) is 5.91 Å². The van der Waals surface area contributed by atoms with Gasteiger partial charge in [0.15, 0.2) is 11.5 Å². The minimum absolute atomic E-state index is 0.0732. The molecule has 0 spiro atoms. The Labute approximate surface area is 162 Å². The number of rotatable bonds is 9. The number of carbonyl (C=O) groups is 2. The van der Waals surface area contributed by atoms with Crippen molar-refractivity contribution in [1.29, 1.82) is 0 Å². The van der Waals surface area contributed by atoms with Gasteiger partial charge in [0.05, 0.1) is 26.3 Å². The number of carbonyl (C=O) groups excluding carboxylic acids is 1. The number of methoxy groups -OCH3 is 2. The Hall–Kier alpha value is -2.61. The maximum Gasteiger partial charge on any atom is 0.323 e. The number of benzene rings is 1. The molecule has 2 aromatic rings. The highest BCUT2D eigenvalue weighted by atomic mass is 32.1. The lowest BCUT2D eigenvalue weighted by atomic mass is 10.2. The third-order valence-corrected chi connectivity index (χ3v) is 4.72. The van der Waals surface area contributed by atoms with E-state index in [0.29, 0.717) is 23.7 Å². The van der Waals surface area contributed by atoms with Crippen molar-refractivity contribution in [3.63, 3.8) is 0 Å². The van der Waals surface area contributed by atoms with Crippen LogP contribution in [-0.2, 0) is 16.0 Å². The van der Waals surface area contributed by atoms with Crippen molar-refractivity contribution < 1.29 is 24.2 Å². The average Bonchev–Trinajstić information content (AvgIpc) is 3.08. The summed E-state index contributed by atoms with van der Waals surface area (Å²) in [6.45, 7) is 3.99. The van der Waals surface area contributed by atoms with Gasteiger partial charge in [-0.3, -0.25) is 9.59 Å². The van der Waals surface area contributed by atoms with Crippen LogP contribution in [0.5, 0.6) is 11.5 Å². The van der Waals surface area contributed by atoms with E-state index >= 15 is 0 Å². The zero-order valence-corrected chi connectivity index (χ0v) is 16.7. The Bertz CT molecular complexity index is 803. The Morgan fingerprint density at radius 1 is 1.22 bits per heavy atom. The molecular formula is C19H24N2O5S. The van der Waals surface area contributed by atoms with Crippen molar-refractivity contribution >= 4 is 23.2 Å². The fraction of sp³-hybridized carbons (Fsp3) is 0.421. The van der Waals surface area contributed by atoms with E-state index < -0.39 is 5.97 Å². The Morgan fingerprint density at radius 2 is 1.93 bits per heavy atom. The molecule has 0 radical (unpaired) electrons. The third-order valence-electron chi connectivity index (χ3n) is 3.78. The predicted molar refractivity (Wildman–Crippen MR) is 103 cm³/mol. The Kier molecular flexibility index (Phi) is 7.18. The zero-order chi connectivity index (χ0) is 20.0. The van der Waals surface area contributed by atoms with Gasteiger partial charge < -0.3 is 19.5 Å². The molecule has 0 aliphatic carbocycles. The van der Waals surface area contributed by atoms with Crippen molar-refractivity contribution in [2.24, 2.45) is 5.92 Å². The van der Waals surface area contributed by atoms with Gasteiger partial charge >= 0.3 is 5.97 Å². The summed E-state index contributed by atoms with van der Waals surface area (Å²) in [7, 11) is 3.14. The number of thiazole rings is 1. The number of carboxylic acids is 1. The van der Waals surface area contributed by atoms with Crippen LogP contribution in [0.15, 0.2) is 23.6 Å². The Balaban J connectivity index is 2.15. The number of hydrogen-bond acceptors (Lipinski definition) is 6. The van der Waals surface area contributed by atoms with Crippen LogP contribution in [0.1, 0.15) is 19.5 Å². The van der Waals surface area contributed by atoms with Crippen LogP contribution in [0.3, 0.4) is 0 Å². The average molecular weight is 392 g/mol. The lowest BCUT2D eigenvalue weighted by Gasteiger charge is -2.22. The molecule has 7 nitrogen and oxygen atoms in total. The van der Waals surface area contributed by atoms with Crippen LogP contribution in [0.25, 0.3) is 10.6 Å². The molecule has 1 aromatic heterocycles. The van der Waals surface area contributed by atoms with Crippen LogP contribution in [0.4, 0.5) is 0 Å². The molecule has 0 atom stereocenters. The summed E-state index contributed by atoms with van der Waals surface area (Å²) in [6.07, 6.45) is 0.0732. The van der Waals surface area contributed by atoms with Gasteiger partial charge in [0.1, 0.15) is 11.6 Å². The maximum atomic E-state index is 12.5. The smallest absolute Gasteiger partial charge is 0.323 e. The highest BCUT2D eigenvalue weighted by Gasteiger charge is 2.19. The molecule has 27 heavy (non-hydrogen) atoms. The summed E-state index contributed by atoms with van der Waals surface area (Å²) in [6, 6.07) is 5.51. The molecule has 1 heterocycles. The van der Waals surface area contributed by atoms with E-state index in [-0.39, 0.29) is 24.8 Å². The van der Waals surface area contributed by atoms with Crippen molar-refractivity contribution in [2.75, 3.05) is 27.3 Å². The molecule has 0 bridgehead atoms. The first-order valence-electron chi connectivity index (χ1n) is 8.50. The number of nitrogens with zero attached hydrogens (tertiary/aromatic N) is 2. The molecule has 2 rings (SSSR count). The van der Waals surface area contributed by atoms with Crippen LogP contribution in [-0.4, -0.2) is 54.2 Å². The summed E-state index contributed by atoms with van der Waals surface area (Å²) in [4.78, 5) is 29.4. The van der Waals surface area contributed by atoms with Gasteiger partial charge in [-0.05, 0) is 24.1 Å². The standard InChI is InChI=1S/C19H24N2O5S/c1-12(2)9-21(10-18(23)24)17(22)8-14-11-27-19(20-14)13-5-6-15(25-3)16(7-13)26-4/h5-7,11-12H,8-10H2,1-4H3,(H,23,24). The molecule has 0 saturated carbocycles. The summed E-state index contributed by atoms with van der Waals surface area (Å²) < 4.78 is 10.5. The van der Waals surface area contributed by atoms with Gasteiger partial charge in [-0.1, -0.05) is 13.8 Å². The largest absolute Gasteiger partial charge is 0.493 e. The van der Waals surface area contributed by atoms with E-state index in [9.17, 15) is 9.59 Å². The lowest BCUT2D eigenvalue weighted by Crippen LogP contribution is -2.39. The quantitative estimate of drug-likeness (QED) is 0.706. The van der Waals surface area contributed by atoms with Gasteiger partial charge in [-0.2, -0.15) is 0 Å². The van der Waals surface area contributed by atoms with E-state index in [2.05, 4.69) is 4.98 Å². The monoisotopic (exact) mass is 392 g/mol. The van der Waals surface area contributed by atoms with E-state index in [4.69, 9.17) is 14.6 Å². The van der Waals surface area contributed by atoms with Crippen molar-refractivity contribution in [2.45, 2.75) is 20.3 Å². The first-order chi connectivity index (χ1) is 12.8. The number of ether oxygens (including phenoxy) is 2. The lowest BCUT2D eigenvalue weighted by molar-refractivity contribution is -0.144. The van der Waals surface area contributed by atoms with Gasteiger partial charge in [0.25, 0.3) is 0 Å². The maximum absolute atomic E-state index is 12.5. The number of aromatic nitrogens is 1. The number of amides is 1. The van der Waals surface area contributed by atoms with E-state index in [1.54, 1.807) is 20.3 Å². The highest BCUT2D eigenvalue weighted by molar-refractivity contribution is 7.13. The molecule has 0 aliphatic rings. The number of carboxylic acid groups (broad SMARTS) is 1. The van der Waals surface area contributed by atoms with Crippen LogP contribution in [0.2, 0.25) is 0 Å². The van der Waals surface area contributed by atoms with Crippen molar-refractivity contribution in [3.8, 4) is 22.1 Å². The second-order valence-electron chi connectivity index (χ2n) is 6.45. The van der Waals surface area contributed by atoms with Crippen LogP contribution in [0, 0.1) is 5.92 Å². The number of aliphatic carboxylic acids is 1. The summed E-state index contributed by atoms with van der Waals surface area (Å²) in [5.41, 5.74) is 1.48. The van der Waals surface area contributed by atoms with E-state index in [0.717, 1.165) is 10.6 Å². The molecule has 0 saturated heterocycles. The first-order valence-corrected chi connectivity index (χ1v) is 9.38. The second kappa shape index (κ2) is 9.36. The van der Waals surface area contributed by atoms with Crippen LogP contribution >= 0.6 is 11.3 Å². The van der Waals surface area contributed by atoms with Crippen LogP contribution < -0.4 is 9.47 Å². The molecule has 1 aromatic carbocycles. The number of hydrogen-bond donors (Lipinski definition) is 1. The topological polar surface area (TPSA) is 89.0 Å². The fourth-order valence-corrected chi connectivity index (χ4v) is 3.43. The Morgan fingerprint density at radius 3 is 2.52 bits per heavy atom. The van der Waals surface area contributed by atoms with Crippen molar-refractivity contribution in [1.82, 2.24) is 9.88 Å². The molecule has 1 N–H and O–H groups in total. The van der Waals surface area contributed by atoms with E-state index in [1.807, 2.05) is 31.4 Å². The van der Waals surface area contributed by atoms with Gasteiger partial charge in [0, 0.05) is 17.5 Å². The minimum atomic E-state index is -1.02. The first kappa shape index (κ1) is 20.7. The summed E-state index contributed by atoms with van der Waals surface area (Å²) >= 11 is 1.42. The highest BCUT2D eigenvalue weighted by Crippen LogP contribution is 2.33. The molecule has 1 amide bonds. The second-order valence-corrected chi connectivity index (χ2v) is 7.31. The SMILES string of the molecule is COc1ccc(-c2nc(CC(=O)N(CC(=O)O)CC(C)C)cs2)cc1OC. The summed E-state index contributed by atoms with van der Waals surface area (Å²) in [5.74, 6) is 0.160. The third kappa shape index (κ3) is 5.68. The predicted octanol–water partition coefficient (Wildman–Crippen LogP) is 2.94. The molecule has 0 unspecified atom stereocenters. The zero-order valence-electron chi connectivity index (χ0n) is 15.9.